The van der Waals surface area contributed by atoms with Crippen molar-refractivity contribution in [2.24, 2.45) is 0 Å². The monoisotopic (exact) mass is 329 g/mol. The average Bonchev–Trinajstić information content (AvgIpc) is 2.54. The van der Waals surface area contributed by atoms with Gasteiger partial charge in [-0.1, -0.05) is 6.07 Å². The van der Waals surface area contributed by atoms with Gasteiger partial charge in [-0.15, -0.1) is 0 Å². The van der Waals surface area contributed by atoms with Crippen molar-refractivity contribution in [2.75, 3.05) is 17.7 Å². The Hall–Kier alpha value is -3.42. The molecule has 0 aliphatic carbocycles. The first-order chi connectivity index (χ1) is 11.4. The van der Waals surface area contributed by atoms with Crippen LogP contribution in [-0.4, -0.2) is 23.8 Å². The fourth-order valence-electron chi connectivity index (χ4n) is 2.05. The van der Waals surface area contributed by atoms with E-state index in [0.717, 1.165) is 6.07 Å². The number of nitrogens with one attached hydrogen (secondary N) is 2. The quantitative estimate of drug-likeness (QED) is 0.647. The minimum atomic E-state index is -0.675. The number of carbonyl (C=O) groups is 2. The van der Waals surface area contributed by atoms with Gasteiger partial charge < -0.3 is 15.4 Å². The van der Waals surface area contributed by atoms with E-state index in [-0.39, 0.29) is 17.2 Å². The van der Waals surface area contributed by atoms with Crippen LogP contribution in [0.15, 0.2) is 42.5 Å². The van der Waals surface area contributed by atoms with E-state index < -0.39 is 16.5 Å². The first-order valence-corrected chi connectivity index (χ1v) is 6.92. The van der Waals surface area contributed by atoms with E-state index in [0.29, 0.717) is 11.4 Å². The van der Waals surface area contributed by atoms with Crippen molar-refractivity contribution in [3.8, 4) is 5.75 Å². The third-order valence-corrected chi connectivity index (χ3v) is 3.09. The summed E-state index contributed by atoms with van der Waals surface area (Å²) in [7, 11) is 1.49. The number of hydrogen-bond donors (Lipinski definition) is 2. The molecule has 0 aliphatic rings. The van der Waals surface area contributed by atoms with Crippen LogP contribution in [0.25, 0.3) is 0 Å². The molecule has 124 valence electrons. The number of anilines is 2. The Morgan fingerprint density at radius 2 is 1.79 bits per heavy atom. The van der Waals surface area contributed by atoms with Gasteiger partial charge in [-0.3, -0.25) is 19.7 Å². The molecule has 0 bridgehead atoms. The second kappa shape index (κ2) is 7.23. The van der Waals surface area contributed by atoms with Gasteiger partial charge in [0.25, 0.3) is 11.6 Å². The van der Waals surface area contributed by atoms with E-state index in [2.05, 4.69) is 10.6 Å². The van der Waals surface area contributed by atoms with Crippen molar-refractivity contribution in [1.82, 2.24) is 0 Å². The molecule has 0 saturated heterocycles. The number of hydrogen-bond acceptors (Lipinski definition) is 5. The summed E-state index contributed by atoms with van der Waals surface area (Å²) >= 11 is 0. The molecule has 0 heterocycles. The summed E-state index contributed by atoms with van der Waals surface area (Å²) in [5.74, 6) is -0.453. The maximum Gasteiger partial charge on any atom is 0.284 e. The van der Waals surface area contributed by atoms with Crippen molar-refractivity contribution < 1.29 is 19.2 Å². The number of methoxy groups -OCH3 is 1. The molecule has 8 nitrogen and oxygen atoms in total. The van der Waals surface area contributed by atoms with Gasteiger partial charge in [-0.25, -0.2) is 0 Å². The predicted octanol–water partition coefficient (Wildman–Crippen LogP) is 2.81. The molecule has 0 radical (unpaired) electrons. The lowest BCUT2D eigenvalue weighted by atomic mass is 10.1. The summed E-state index contributed by atoms with van der Waals surface area (Å²) in [6, 6.07) is 10.5. The molecule has 24 heavy (non-hydrogen) atoms. The Labute approximate surface area is 137 Å². The van der Waals surface area contributed by atoms with Crippen LogP contribution in [0.1, 0.15) is 17.3 Å². The van der Waals surface area contributed by atoms with Crippen LogP contribution in [0.2, 0.25) is 0 Å². The molecule has 0 fully saturated rings. The number of carbonyl (C=O) groups excluding carboxylic acids is 2. The first-order valence-electron chi connectivity index (χ1n) is 6.92. The molecule has 0 saturated carbocycles. The van der Waals surface area contributed by atoms with Gasteiger partial charge in [0, 0.05) is 30.4 Å². The molecule has 0 atom stereocenters. The fourth-order valence-corrected chi connectivity index (χ4v) is 2.05. The van der Waals surface area contributed by atoms with Gasteiger partial charge >= 0.3 is 0 Å². The lowest BCUT2D eigenvalue weighted by Crippen LogP contribution is -2.14. The molecule has 2 aromatic rings. The molecule has 0 spiro atoms. The minimum Gasteiger partial charge on any atom is -0.497 e. The third kappa shape index (κ3) is 4.07. The highest BCUT2D eigenvalue weighted by Crippen LogP contribution is 2.25. The van der Waals surface area contributed by atoms with Crippen molar-refractivity contribution in [3.05, 3.63) is 58.1 Å². The Bertz CT molecular complexity index is 804. The van der Waals surface area contributed by atoms with E-state index in [4.69, 9.17) is 4.74 Å². The van der Waals surface area contributed by atoms with E-state index in [1.165, 1.54) is 26.2 Å². The molecule has 2 amide bonds. The molecule has 2 aromatic carbocycles. The lowest BCUT2D eigenvalue weighted by molar-refractivity contribution is -0.385. The number of ether oxygens (including phenoxy) is 1. The Balaban J connectivity index is 2.30. The molecule has 2 rings (SSSR count). The van der Waals surface area contributed by atoms with Crippen LogP contribution in [0, 0.1) is 10.1 Å². The zero-order chi connectivity index (χ0) is 17.7. The van der Waals surface area contributed by atoms with Crippen molar-refractivity contribution >= 4 is 28.9 Å². The van der Waals surface area contributed by atoms with E-state index in [9.17, 15) is 19.7 Å². The van der Waals surface area contributed by atoms with Crippen molar-refractivity contribution in [3.63, 3.8) is 0 Å². The minimum absolute atomic E-state index is 0.114. The van der Waals surface area contributed by atoms with Crippen LogP contribution in [0.5, 0.6) is 5.75 Å². The second-order valence-electron chi connectivity index (χ2n) is 4.86. The SMILES string of the molecule is COc1cccc(NC(=O)c2ccc(NC(C)=O)cc2[N+](=O)[O-])c1. The molecule has 8 heteroatoms. The van der Waals surface area contributed by atoms with E-state index in [1.54, 1.807) is 24.3 Å². The summed E-state index contributed by atoms with van der Waals surface area (Å²) in [6.07, 6.45) is 0. The van der Waals surface area contributed by atoms with Gasteiger partial charge in [0.05, 0.1) is 12.0 Å². The van der Waals surface area contributed by atoms with Crippen LogP contribution in [0.3, 0.4) is 0 Å². The molecule has 0 aliphatic heterocycles. The summed E-state index contributed by atoms with van der Waals surface area (Å²) in [4.78, 5) is 33.9. The molecular weight excluding hydrogens is 314 g/mol. The summed E-state index contributed by atoms with van der Waals surface area (Å²) < 4.78 is 5.06. The van der Waals surface area contributed by atoms with Gasteiger partial charge in [-0.05, 0) is 24.3 Å². The van der Waals surface area contributed by atoms with Gasteiger partial charge in [0.15, 0.2) is 0 Å². The van der Waals surface area contributed by atoms with Crippen molar-refractivity contribution in [2.45, 2.75) is 6.92 Å². The first kappa shape index (κ1) is 16.9. The largest absolute Gasteiger partial charge is 0.497 e. The van der Waals surface area contributed by atoms with Gasteiger partial charge in [-0.2, -0.15) is 0 Å². The predicted molar refractivity (Wildman–Crippen MR) is 88.3 cm³/mol. The zero-order valence-electron chi connectivity index (χ0n) is 13.0. The van der Waals surface area contributed by atoms with E-state index >= 15 is 0 Å². The maximum absolute atomic E-state index is 12.3. The molecular formula is C16H15N3O5. The third-order valence-electron chi connectivity index (χ3n) is 3.09. The van der Waals surface area contributed by atoms with Crippen LogP contribution < -0.4 is 15.4 Å². The Morgan fingerprint density at radius 3 is 2.42 bits per heavy atom. The number of nitro benzene ring substituents is 1. The zero-order valence-corrected chi connectivity index (χ0v) is 13.0. The normalized spacial score (nSPS) is 9.92. The standard InChI is InChI=1S/C16H15N3O5/c1-10(20)17-12-6-7-14(15(9-12)19(22)23)16(21)18-11-4-3-5-13(8-11)24-2/h3-9H,1-2H3,(H,17,20)(H,18,21). The van der Waals surface area contributed by atoms with Crippen LogP contribution >= 0.6 is 0 Å². The Kier molecular flexibility index (Phi) is 5.10. The number of amides is 2. The Morgan fingerprint density at radius 1 is 1.08 bits per heavy atom. The summed E-state index contributed by atoms with van der Waals surface area (Å²) in [5.41, 5.74) is 0.172. The number of nitrogens with zero attached hydrogens (tertiary/aromatic N) is 1. The highest BCUT2D eigenvalue weighted by Gasteiger charge is 2.21. The number of rotatable bonds is 5. The summed E-state index contributed by atoms with van der Waals surface area (Å²) in [5, 5.41) is 16.2. The van der Waals surface area contributed by atoms with Gasteiger partial charge in [0.2, 0.25) is 5.91 Å². The second-order valence-corrected chi connectivity index (χ2v) is 4.86. The topological polar surface area (TPSA) is 111 Å². The maximum atomic E-state index is 12.3. The van der Waals surface area contributed by atoms with Crippen LogP contribution in [0.4, 0.5) is 17.1 Å². The fraction of sp³-hybridized carbons (Fsp3) is 0.125. The van der Waals surface area contributed by atoms with E-state index in [1.807, 2.05) is 0 Å². The molecule has 0 aromatic heterocycles. The highest BCUT2D eigenvalue weighted by atomic mass is 16.6. The number of nitro groups is 1. The van der Waals surface area contributed by atoms with Crippen molar-refractivity contribution in [1.29, 1.82) is 0 Å². The smallest absolute Gasteiger partial charge is 0.284 e. The summed E-state index contributed by atoms with van der Waals surface area (Å²) in [6.45, 7) is 1.29. The highest BCUT2D eigenvalue weighted by molar-refractivity contribution is 6.07. The van der Waals surface area contributed by atoms with Crippen LogP contribution in [-0.2, 0) is 4.79 Å². The average molecular weight is 329 g/mol. The lowest BCUT2D eigenvalue weighted by Gasteiger charge is -2.09. The van der Waals surface area contributed by atoms with Gasteiger partial charge in [0.1, 0.15) is 11.3 Å². The molecule has 0 unspecified atom stereocenters. The number of benzene rings is 2. The molecule has 2 N–H and O–H groups in total.